The molecule has 3 amide bonds. The molecule has 0 spiro atoms. The maximum Gasteiger partial charge on any atom is 0.257 e. The van der Waals surface area contributed by atoms with Crippen molar-refractivity contribution in [3.05, 3.63) is 46.9 Å². The van der Waals surface area contributed by atoms with Crippen molar-refractivity contribution in [1.82, 2.24) is 20.1 Å². The highest BCUT2D eigenvalue weighted by atomic mass is 19.1. The highest BCUT2D eigenvalue weighted by Crippen LogP contribution is 2.33. The van der Waals surface area contributed by atoms with E-state index in [-0.39, 0.29) is 36.8 Å². The van der Waals surface area contributed by atoms with Gasteiger partial charge in [-0.2, -0.15) is 0 Å². The van der Waals surface area contributed by atoms with Crippen molar-refractivity contribution in [2.45, 2.75) is 32.0 Å². The standard InChI is InChI=1S/C25H26FN5O5/c26-18-12-17-15(13-31(25(17)34)19-2-4-22(32)28-23(19)33)11-20(18)30-7-5-29(6-8-30)14-16-1-3-21-24(27-16)36-10-9-35-21/h1,3,11-12,19H,2,4-10,13-14H2,(H,28,32,33). The van der Waals surface area contributed by atoms with E-state index >= 15 is 4.39 Å². The second-order valence-electron chi connectivity index (χ2n) is 9.43. The number of pyridine rings is 1. The third-order valence-electron chi connectivity index (χ3n) is 7.15. The van der Waals surface area contributed by atoms with Gasteiger partial charge in [-0.25, -0.2) is 9.37 Å². The zero-order chi connectivity index (χ0) is 24.8. The third kappa shape index (κ3) is 4.13. The van der Waals surface area contributed by atoms with Crippen LogP contribution in [0, 0.1) is 5.82 Å². The lowest BCUT2D eigenvalue weighted by Crippen LogP contribution is -2.52. The van der Waals surface area contributed by atoms with Gasteiger partial charge in [0, 0.05) is 51.3 Å². The molecule has 2 saturated heterocycles. The number of piperazine rings is 1. The van der Waals surface area contributed by atoms with Crippen LogP contribution in [0.25, 0.3) is 0 Å². The fraction of sp³-hybridized carbons (Fsp3) is 0.440. The molecule has 5 heterocycles. The Labute approximate surface area is 207 Å². The van der Waals surface area contributed by atoms with E-state index in [1.54, 1.807) is 6.07 Å². The number of carbonyl (C=O) groups is 3. The Morgan fingerprint density at radius 1 is 1.06 bits per heavy atom. The number of ether oxygens (including phenoxy) is 2. The number of halogens is 1. The summed E-state index contributed by atoms with van der Waals surface area (Å²) in [6.07, 6.45) is 0.460. The maximum atomic E-state index is 15.1. The number of rotatable bonds is 4. The first-order valence-corrected chi connectivity index (χ1v) is 12.2. The van der Waals surface area contributed by atoms with Crippen molar-refractivity contribution >= 4 is 23.4 Å². The van der Waals surface area contributed by atoms with Gasteiger partial charge in [-0.1, -0.05) is 0 Å². The first kappa shape index (κ1) is 22.7. The molecule has 188 valence electrons. The minimum absolute atomic E-state index is 0.183. The number of piperidine rings is 1. The van der Waals surface area contributed by atoms with Crippen molar-refractivity contribution < 1.29 is 28.2 Å². The van der Waals surface area contributed by atoms with Gasteiger partial charge >= 0.3 is 0 Å². The summed E-state index contributed by atoms with van der Waals surface area (Å²) < 4.78 is 26.2. The van der Waals surface area contributed by atoms with Gasteiger partial charge in [0.1, 0.15) is 25.1 Å². The number of anilines is 1. The molecule has 1 atom stereocenters. The Balaban J connectivity index is 1.11. The highest BCUT2D eigenvalue weighted by Gasteiger charge is 2.40. The number of fused-ring (bicyclic) bond motifs is 2. The van der Waals surface area contributed by atoms with Gasteiger partial charge in [0.2, 0.25) is 11.8 Å². The van der Waals surface area contributed by atoms with E-state index in [0.29, 0.717) is 55.7 Å². The molecule has 1 N–H and O–H groups in total. The number of hydrogen-bond donors (Lipinski definition) is 1. The van der Waals surface area contributed by atoms with E-state index in [0.717, 1.165) is 18.8 Å². The molecule has 4 aliphatic heterocycles. The molecular formula is C25H26FN5O5. The molecule has 0 radical (unpaired) electrons. The molecule has 1 unspecified atom stereocenters. The summed E-state index contributed by atoms with van der Waals surface area (Å²) >= 11 is 0. The molecule has 0 saturated carbocycles. The van der Waals surface area contributed by atoms with Crippen LogP contribution in [0.1, 0.15) is 34.5 Å². The Morgan fingerprint density at radius 3 is 2.67 bits per heavy atom. The predicted octanol–water partition coefficient (Wildman–Crippen LogP) is 1.08. The van der Waals surface area contributed by atoms with Crippen molar-refractivity contribution in [2.75, 3.05) is 44.3 Å². The molecular weight excluding hydrogens is 469 g/mol. The molecule has 36 heavy (non-hydrogen) atoms. The first-order valence-electron chi connectivity index (χ1n) is 12.2. The Bertz CT molecular complexity index is 1250. The summed E-state index contributed by atoms with van der Waals surface area (Å²) in [4.78, 5) is 46.9. The number of aromatic nitrogens is 1. The average Bonchev–Trinajstić information content (AvgIpc) is 3.19. The molecule has 2 aromatic rings. The van der Waals surface area contributed by atoms with Gasteiger partial charge < -0.3 is 19.3 Å². The number of benzene rings is 1. The Kier molecular flexibility index (Phi) is 5.71. The van der Waals surface area contributed by atoms with Crippen LogP contribution < -0.4 is 19.7 Å². The number of imide groups is 1. The quantitative estimate of drug-likeness (QED) is 0.629. The third-order valence-corrected chi connectivity index (χ3v) is 7.15. The number of nitrogens with zero attached hydrogens (tertiary/aromatic N) is 4. The van der Waals surface area contributed by atoms with Crippen LogP contribution in [0.4, 0.5) is 10.1 Å². The molecule has 10 nitrogen and oxygen atoms in total. The van der Waals surface area contributed by atoms with Crippen LogP contribution in [0.3, 0.4) is 0 Å². The molecule has 1 aromatic heterocycles. The van der Waals surface area contributed by atoms with Gasteiger partial charge in [-0.3, -0.25) is 24.6 Å². The molecule has 1 aromatic carbocycles. The molecule has 6 rings (SSSR count). The normalized spacial score (nSPS) is 22.0. The monoisotopic (exact) mass is 495 g/mol. The number of hydrogen-bond acceptors (Lipinski definition) is 8. The zero-order valence-corrected chi connectivity index (χ0v) is 19.7. The van der Waals surface area contributed by atoms with Crippen LogP contribution in [0.2, 0.25) is 0 Å². The molecule has 0 bridgehead atoms. The molecule has 11 heteroatoms. The van der Waals surface area contributed by atoms with Crippen LogP contribution in [0.5, 0.6) is 11.6 Å². The molecule has 0 aliphatic carbocycles. The van der Waals surface area contributed by atoms with Crippen molar-refractivity contribution in [2.24, 2.45) is 0 Å². The summed E-state index contributed by atoms with van der Waals surface area (Å²) in [7, 11) is 0. The van der Waals surface area contributed by atoms with Crippen LogP contribution in [-0.2, 0) is 22.7 Å². The van der Waals surface area contributed by atoms with Crippen LogP contribution >= 0.6 is 0 Å². The van der Waals surface area contributed by atoms with E-state index in [1.165, 1.54) is 11.0 Å². The SMILES string of the molecule is O=C1CCC(N2Cc3cc(N4CCN(Cc5ccc6c(n5)OCCO6)CC4)c(F)cc3C2=O)C(=O)N1. The topological polar surface area (TPSA) is 104 Å². The second-order valence-corrected chi connectivity index (χ2v) is 9.43. The summed E-state index contributed by atoms with van der Waals surface area (Å²) in [5.74, 6) is -0.444. The van der Waals surface area contributed by atoms with Crippen LogP contribution in [0.15, 0.2) is 24.3 Å². The minimum atomic E-state index is -0.716. The predicted molar refractivity (Wildman–Crippen MR) is 125 cm³/mol. The Hall–Kier alpha value is -3.73. The molecule has 4 aliphatic rings. The zero-order valence-electron chi connectivity index (χ0n) is 19.7. The molecule has 2 fully saturated rings. The van der Waals surface area contributed by atoms with E-state index in [9.17, 15) is 14.4 Å². The number of amides is 3. The summed E-state index contributed by atoms with van der Waals surface area (Å²) in [5, 5.41) is 2.29. The smallest absolute Gasteiger partial charge is 0.257 e. The highest BCUT2D eigenvalue weighted by molar-refractivity contribution is 6.05. The van der Waals surface area contributed by atoms with Gasteiger partial charge in [-0.15, -0.1) is 0 Å². The summed E-state index contributed by atoms with van der Waals surface area (Å²) in [5.41, 5.74) is 2.33. The van der Waals surface area contributed by atoms with Gasteiger partial charge in [0.15, 0.2) is 5.75 Å². The summed E-state index contributed by atoms with van der Waals surface area (Å²) in [6, 6.07) is 6.11. The average molecular weight is 496 g/mol. The van der Waals surface area contributed by atoms with Crippen molar-refractivity contribution in [3.63, 3.8) is 0 Å². The number of nitrogens with one attached hydrogen (secondary N) is 1. The van der Waals surface area contributed by atoms with Crippen molar-refractivity contribution in [1.29, 1.82) is 0 Å². The van der Waals surface area contributed by atoms with E-state index < -0.39 is 17.8 Å². The lowest BCUT2D eigenvalue weighted by Gasteiger charge is -2.36. The van der Waals surface area contributed by atoms with Gasteiger partial charge in [0.05, 0.1) is 11.4 Å². The van der Waals surface area contributed by atoms with Gasteiger partial charge in [-0.05, 0) is 36.2 Å². The number of carbonyl (C=O) groups excluding carboxylic acids is 3. The minimum Gasteiger partial charge on any atom is -0.484 e. The van der Waals surface area contributed by atoms with Gasteiger partial charge in [0.25, 0.3) is 11.8 Å². The maximum absolute atomic E-state index is 15.1. The lowest BCUT2D eigenvalue weighted by atomic mass is 10.0. The fourth-order valence-corrected chi connectivity index (χ4v) is 5.25. The largest absolute Gasteiger partial charge is 0.484 e. The first-order chi connectivity index (χ1) is 17.5. The van der Waals surface area contributed by atoms with E-state index in [2.05, 4.69) is 15.2 Å². The summed E-state index contributed by atoms with van der Waals surface area (Å²) in [6.45, 7) is 4.62. The van der Waals surface area contributed by atoms with E-state index in [1.807, 2.05) is 17.0 Å². The van der Waals surface area contributed by atoms with Crippen LogP contribution in [-0.4, -0.2) is 77.9 Å². The second kappa shape index (κ2) is 9.05. The fourth-order valence-electron chi connectivity index (χ4n) is 5.25. The Morgan fingerprint density at radius 2 is 1.86 bits per heavy atom. The van der Waals surface area contributed by atoms with E-state index in [4.69, 9.17) is 9.47 Å². The lowest BCUT2D eigenvalue weighted by molar-refractivity contribution is -0.136. The van der Waals surface area contributed by atoms with Crippen molar-refractivity contribution in [3.8, 4) is 11.6 Å².